The predicted octanol–water partition coefficient (Wildman–Crippen LogP) is 4.93. The molecule has 1 amide bonds. The lowest BCUT2D eigenvalue weighted by molar-refractivity contribution is 0.0985. The van der Waals surface area contributed by atoms with Gasteiger partial charge in [-0.05, 0) is 51.4 Å². The fraction of sp³-hybridized carbons (Fsp3) is 0.286. The number of hydrogen-bond donors (Lipinski definition) is 0. The average molecular weight is 463 g/mol. The van der Waals surface area contributed by atoms with Crippen LogP contribution in [0.1, 0.15) is 17.3 Å². The van der Waals surface area contributed by atoms with Gasteiger partial charge in [0, 0.05) is 18.7 Å². The molecule has 0 aliphatic rings. The van der Waals surface area contributed by atoms with Crippen molar-refractivity contribution in [1.29, 1.82) is 0 Å². The van der Waals surface area contributed by atoms with Crippen LogP contribution in [0.15, 0.2) is 41.9 Å². The number of rotatable bonds is 7. The topological polar surface area (TPSA) is 58.6 Å². The van der Waals surface area contributed by atoms with Crippen LogP contribution in [0.2, 0.25) is 0 Å². The predicted molar refractivity (Wildman–Crippen MR) is 128 cm³/mol. The van der Waals surface area contributed by atoms with Gasteiger partial charge in [0.2, 0.25) is 0 Å². The quantitative estimate of drug-likeness (QED) is 0.389. The third-order valence-corrected chi connectivity index (χ3v) is 6.33. The van der Waals surface area contributed by atoms with Gasteiger partial charge in [0.25, 0.3) is 5.91 Å². The van der Waals surface area contributed by atoms with Gasteiger partial charge in [-0.3, -0.25) is 9.69 Å². The van der Waals surface area contributed by atoms with Gasteiger partial charge in [0.15, 0.2) is 5.13 Å². The summed E-state index contributed by atoms with van der Waals surface area (Å²) in [6.45, 7) is 3.82. The van der Waals surface area contributed by atoms with Gasteiger partial charge in [-0.25, -0.2) is 9.97 Å². The number of aromatic nitrogens is 2. The van der Waals surface area contributed by atoms with Crippen LogP contribution in [0, 0.1) is 0 Å². The van der Waals surface area contributed by atoms with Crippen molar-refractivity contribution in [2.24, 2.45) is 0 Å². The van der Waals surface area contributed by atoms with Gasteiger partial charge >= 0.3 is 0 Å². The van der Waals surface area contributed by atoms with Crippen LogP contribution in [-0.2, 0) is 0 Å². The van der Waals surface area contributed by atoms with Crippen LogP contribution in [0.5, 0.6) is 5.75 Å². The number of nitrogens with zero attached hydrogens (tertiary/aromatic N) is 4. The van der Waals surface area contributed by atoms with Crippen molar-refractivity contribution < 1.29 is 9.53 Å². The molecular formula is C21H23ClN4O2S2. The van der Waals surface area contributed by atoms with Crippen molar-refractivity contribution in [2.45, 2.75) is 6.92 Å². The van der Waals surface area contributed by atoms with Gasteiger partial charge in [0.05, 0.1) is 27.0 Å². The summed E-state index contributed by atoms with van der Waals surface area (Å²) in [5.74, 6) is 0.692. The second kappa shape index (κ2) is 9.70. The molecule has 2 heterocycles. The highest BCUT2D eigenvalue weighted by Crippen LogP contribution is 2.35. The zero-order valence-corrected chi connectivity index (χ0v) is 19.4. The van der Waals surface area contributed by atoms with Crippen molar-refractivity contribution in [3.63, 3.8) is 0 Å². The first-order valence-corrected chi connectivity index (χ1v) is 11.1. The molecule has 9 heteroatoms. The Morgan fingerprint density at radius 2 is 1.97 bits per heavy atom. The lowest BCUT2D eigenvalue weighted by Gasteiger charge is -2.22. The Morgan fingerprint density at radius 3 is 2.73 bits per heavy atom. The molecule has 0 unspecified atom stereocenters. The smallest absolute Gasteiger partial charge is 0.260 e. The van der Waals surface area contributed by atoms with Crippen LogP contribution in [0.3, 0.4) is 0 Å². The molecule has 0 bridgehead atoms. The minimum atomic E-state index is -0.0563. The van der Waals surface area contributed by atoms with Crippen LogP contribution >= 0.6 is 35.1 Å². The highest BCUT2D eigenvalue weighted by Gasteiger charge is 2.23. The van der Waals surface area contributed by atoms with E-state index in [0.717, 1.165) is 32.7 Å². The summed E-state index contributed by atoms with van der Waals surface area (Å²) < 4.78 is 7.73. The van der Waals surface area contributed by atoms with E-state index in [1.165, 1.54) is 22.7 Å². The molecular weight excluding hydrogens is 440 g/mol. The lowest BCUT2D eigenvalue weighted by Crippen LogP contribution is -2.36. The third kappa shape index (κ3) is 4.57. The summed E-state index contributed by atoms with van der Waals surface area (Å²) in [6.07, 6.45) is 0. The van der Waals surface area contributed by atoms with Crippen molar-refractivity contribution in [3.05, 3.63) is 47.5 Å². The molecule has 2 aromatic carbocycles. The first kappa shape index (κ1) is 22.4. The van der Waals surface area contributed by atoms with E-state index in [0.29, 0.717) is 23.8 Å². The van der Waals surface area contributed by atoms with Crippen LogP contribution < -0.4 is 9.64 Å². The van der Waals surface area contributed by atoms with Crippen molar-refractivity contribution in [1.82, 2.24) is 14.9 Å². The number of thiazole rings is 2. The molecule has 30 heavy (non-hydrogen) atoms. The number of ether oxygens (including phenoxy) is 1. The Kier molecular flexibility index (Phi) is 7.25. The Labute approximate surface area is 189 Å². The average Bonchev–Trinajstić information content (AvgIpc) is 3.34. The number of anilines is 1. The first-order chi connectivity index (χ1) is 14.1. The number of halogens is 1. The number of amides is 1. The van der Waals surface area contributed by atoms with Crippen LogP contribution in [0.4, 0.5) is 5.13 Å². The number of carbonyl (C=O) groups is 1. The molecule has 2 aromatic heterocycles. The van der Waals surface area contributed by atoms with E-state index in [1.807, 2.05) is 57.4 Å². The molecule has 0 atom stereocenters. The maximum Gasteiger partial charge on any atom is 0.260 e. The van der Waals surface area contributed by atoms with E-state index in [2.05, 4.69) is 9.88 Å². The van der Waals surface area contributed by atoms with Gasteiger partial charge in [0.1, 0.15) is 11.3 Å². The number of fused-ring (bicyclic) bond motifs is 2. The molecule has 0 radical (unpaired) electrons. The molecule has 0 aliphatic heterocycles. The SMILES string of the molecule is CCOc1cccc2sc(N(CCN(C)C)C(=O)c3ccc4ncsc4c3)nc12.Cl. The number of benzene rings is 2. The summed E-state index contributed by atoms with van der Waals surface area (Å²) in [4.78, 5) is 26.3. The molecule has 4 rings (SSSR count). The van der Waals surface area contributed by atoms with Crippen molar-refractivity contribution >= 4 is 66.6 Å². The van der Waals surface area contributed by atoms with E-state index < -0.39 is 0 Å². The second-order valence-corrected chi connectivity index (χ2v) is 8.72. The molecule has 4 aromatic rings. The van der Waals surface area contributed by atoms with Crippen LogP contribution in [0.25, 0.3) is 20.4 Å². The number of likely N-dealkylation sites (N-methyl/N-ethyl adjacent to an activating group) is 1. The van der Waals surface area contributed by atoms with E-state index >= 15 is 0 Å². The van der Waals surface area contributed by atoms with E-state index in [-0.39, 0.29) is 18.3 Å². The monoisotopic (exact) mass is 462 g/mol. The summed E-state index contributed by atoms with van der Waals surface area (Å²) in [6, 6.07) is 11.5. The number of para-hydroxylation sites is 1. The summed E-state index contributed by atoms with van der Waals surface area (Å²) in [7, 11) is 4.00. The molecule has 0 spiro atoms. The van der Waals surface area contributed by atoms with E-state index in [1.54, 1.807) is 10.4 Å². The molecule has 0 aliphatic carbocycles. The highest BCUT2D eigenvalue weighted by molar-refractivity contribution is 7.22. The zero-order chi connectivity index (χ0) is 20.4. The molecule has 6 nitrogen and oxygen atoms in total. The first-order valence-electron chi connectivity index (χ1n) is 9.39. The molecule has 158 valence electrons. The van der Waals surface area contributed by atoms with Gasteiger partial charge in [-0.1, -0.05) is 17.4 Å². The fourth-order valence-corrected chi connectivity index (χ4v) is 4.75. The minimum absolute atomic E-state index is 0. The lowest BCUT2D eigenvalue weighted by atomic mass is 10.2. The minimum Gasteiger partial charge on any atom is -0.492 e. The summed E-state index contributed by atoms with van der Waals surface area (Å²) in [5, 5.41) is 0.684. The fourth-order valence-electron chi connectivity index (χ4n) is 3.03. The normalized spacial score (nSPS) is 11.1. The standard InChI is InChI=1S/C21H22N4O2S2.ClH/c1-4-27-16-6-5-7-17-19(16)23-21(29-17)25(11-10-24(2)3)20(26)14-8-9-15-18(12-14)28-13-22-15;/h5-9,12-13H,4,10-11H2,1-3H3;1H. The summed E-state index contributed by atoms with van der Waals surface area (Å²) in [5.41, 5.74) is 4.15. The Hall–Kier alpha value is -2.26. The number of carbonyl (C=O) groups excluding carboxylic acids is 1. The molecule has 0 N–H and O–H groups in total. The molecule has 0 saturated carbocycles. The van der Waals surface area contributed by atoms with Gasteiger partial charge in [-0.2, -0.15) is 0 Å². The maximum absolute atomic E-state index is 13.4. The molecule has 0 saturated heterocycles. The molecule has 0 fully saturated rings. The zero-order valence-electron chi connectivity index (χ0n) is 17.0. The largest absolute Gasteiger partial charge is 0.492 e. The Bertz CT molecular complexity index is 1160. The maximum atomic E-state index is 13.4. The van der Waals surface area contributed by atoms with Gasteiger partial charge < -0.3 is 9.64 Å². The van der Waals surface area contributed by atoms with E-state index in [9.17, 15) is 4.79 Å². The van der Waals surface area contributed by atoms with E-state index in [4.69, 9.17) is 9.72 Å². The Morgan fingerprint density at radius 1 is 1.13 bits per heavy atom. The second-order valence-electron chi connectivity index (χ2n) is 6.83. The Balaban J connectivity index is 0.00000256. The third-order valence-electron chi connectivity index (χ3n) is 4.50. The van der Waals surface area contributed by atoms with Crippen molar-refractivity contribution in [2.75, 3.05) is 38.7 Å². The number of hydrogen-bond acceptors (Lipinski definition) is 7. The van der Waals surface area contributed by atoms with Crippen LogP contribution in [-0.4, -0.2) is 54.6 Å². The highest BCUT2D eigenvalue weighted by atomic mass is 35.5. The van der Waals surface area contributed by atoms with Gasteiger partial charge in [-0.15, -0.1) is 23.7 Å². The van der Waals surface area contributed by atoms with Crippen molar-refractivity contribution in [3.8, 4) is 5.75 Å². The summed E-state index contributed by atoms with van der Waals surface area (Å²) >= 11 is 3.05.